The van der Waals surface area contributed by atoms with Gasteiger partial charge in [-0.2, -0.15) is 13.2 Å². The van der Waals surface area contributed by atoms with Crippen LogP contribution in [0.15, 0.2) is 18.2 Å². The number of benzene rings is 1. The molecule has 2 heterocycles. The molecule has 1 amide bonds. The maximum absolute atomic E-state index is 13.3. The van der Waals surface area contributed by atoms with Gasteiger partial charge in [-0.05, 0) is 24.1 Å². The summed E-state index contributed by atoms with van der Waals surface area (Å²) in [7, 11) is 0. The summed E-state index contributed by atoms with van der Waals surface area (Å²) in [5.74, 6) is 0.905. The fourth-order valence-corrected chi connectivity index (χ4v) is 3.25. The lowest BCUT2D eigenvalue weighted by Gasteiger charge is -2.35. The number of nitrogens with zero attached hydrogens (tertiary/aromatic N) is 1. The Labute approximate surface area is 156 Å². The number of fused-ring (bicyclic) bond motifs is 1. The van der Waals surface area contributed by atoms with Crippen molar-refractivity contribution in [3.05, 3.63) is 23.8 Å². The molecule has 0 spiro atoms. The largest absolute Gasteiger partial charge is 0.486 e. The quantitative estimate of drug-likeness (QED) is 0.772. The Kier molecular flexibility index (Phi) is 6.43. The normalized spacial score (nSPS) is 18.8. The topological polar surface area (TPSA) is 62.8 Å². The van der Waals surface area contributed by atoms with E-state index in [2.05, 4.69) is 10.6 Å². The minimum atomic E-state index is -4.37. The van der Waals surface area contributed by atoms with Crippen LogP contribution in [0.25, 0.3) is 0 Å². The first-order valence-electron chi connectivity index (χ1n) is 9.10. The van der Waals surface area contributed by atoms with Gasteiger partial charge in [-0.3, -0.25) is 9.69 Å². The number of aryl methyl sites for hydroxylation is 1. The maximum Gasteiger partial charge on any atom is 0.405 e. The van der Waals surface area contributed by atoms with Gasteiger partial charge in [0.05, 0.1) is 0 Å². The molecule has 1 fully saturated rings. The molecule has 2 N–H and O–H groups in total. The second kappa shape index (κ2) is 8.79. The number of alkyl halides is 3. The van der Waals surface area contributed by atoms with E-state index in [1.165, 1.54) is 4.90 Å². The van der Waals surface area contributed by atoms with Crippen LogP contribution in [0, 0.1) is 0 Å². The van der Waals surface area contributed by atoms with Crippen LogP contribution in [0.5, 0.6) is 11.5 Å². The highest BCUT2D eigenvalue weighted by Gasteiger charge is 2.43. The lowest BCUT2D eigenvalue weighted by molar-refractivity contribution is -0.184. The van der Waals surface area contributed by atoms with Gasteiger partial charge in [0.1, 0.15) is 19.3 Å². The average Bonchev–Trinajstić information content (AvgIpc) is 2.66. The number of hydrogen-bond acceptors (Lipinski definition) is 5. The number of piperazine rings is 1. The number of carbonyl (C=O) groups is 1. The van der Waals surface area contributed by atoms with Crippen molar-refractivity contribution in [2.45, 2.75) is 25.1 Å². The average molecular weight is 387 g/mol. The Balaban J connectivity index is 1.49. The molecule has 27 heavy (non-hydrogen) atoms. The predicted molar refractivity (Wildman–Crippen MR) is 93.0 cm³/mol. The highest BCUT2D eigenvalue weighted by atomic mass is 19.4. The van der Waals surface area contributed by atoms with Gasteiger partial charge in [-0.25, -0.2) is 0 Å². The Morgan fingerprint density at radius 1 is 1.19 bits per heavy atom. The lowest BCUT2D eigenvalue weighted by Crippen LogP contribution is -2.57. The summed E-state index contributed by atoms with van der Waals surface area (Å²) in [6, 6.07) is 3.77. The first-order valence-corrected chi connectivity index (χ1v) is 9.10. The summed E-state index contributed by atoms with van der Waals surface area (Å²) in [4.78, 5) is 13.4. The van der Waals surface area contributed by atoms with Crippen LogP contribution < -0.4 is 20.1 Å². The standard InChI is InChI=1S/C18H24F3N3O3/c19-18(20,21)16(24-7-5-22-6-8-24)12-23-17(25)4-2-13-1-3-14-15(11-13)27-10-9-26-14/h1,3,11,16,22H,2,4-10,12H2,(H,23,25). The van der Waals surface area contributed by atoms with Crippen molar-refractivity contribution in [3.63, 3.8) is 0 Å². The van der Waals surface area contributed by atoms with Crippen LogP contribution in [-0.2, 0) is 11.2 Å². The lowest BCUT2D eigenvalue weighted by atomic mass is 10.1. The molecule has 0 bridgehead atoms. The van der Waals surface area contributed by atoms with Crippen molar-refractivity contribution in [3.8, 4) is 11.5 Å². The van der Waals surface area contributed by atoms with E-state index >= 15 is 0 Å². The summed E-state index contributed by atoms with van der Waals surface area (Å²) >= 11 is 0. The Hall–Kier alpha value is -2.00. The number of halogens is 3. The number of ether oxygens (including phenoxy) is 2. The fourth-order valence-electron chi connectivity index (χ4n) is 3.25. The van der Waals surface area contributed by atoms with Gasteiger partial charge in [0, 0.05) is 39.1 Å². The molecule has 3 rings (SSSR count). The molecule has 1 aromatic rings. The molecule has 0 aliphatic carbocycles. The first kappa shape index (κ1) is 19.8. The highest BCUT2D eigenvalue weighted by molar-refractivity contribution is 5.76. The van der Waals surface area contributed by atoms with Gasteiger partial charge < -0.3 is 20.1 Å². The zero-order chi connectivity index (χ0) is 19.3. The number of hydrogen-bond donors (Lipinski definition) is 2. The molecule has 6 nitrogen and oxygen atoms in total. The van der Waals surface area contributed by atoms with Crippen molar-refractivity contribution in [1.82, 2.24) is 15.5 Å². The van der Waals surface area contributed by atoms with E-state index < -0.39 is 24.7 Å². The first-order chi connectivity index (χ1) is 12.9. The molecular weight excluding hydrogens is 363 g/mol. The summed E-state index contributed by atoms with van der Waals surface area (Å²) in [6.45, 7) is 2.22. The highest BCUT2D eigenvalue weighted by Crippen LogP contribution is 2.31. The van der Waals surface area contributed by atoms with Gasteiger partial charge in [-0.15, -0.1) is 0 Å². The third kappa shape index (κ3) is 5.49. The molecule has 2 aliphatic rings. The minimum Gasteiger partial charge on any atom is -0.486 e. The molecule has 9 heteroatoms. The van der Waals surface area contributed by atoms with Gasteiger partial charge >= 0.3 is 6.18 Å². The Morgan fingerprint density at radius 3 is 2.59 bits per heavy atom. The number of carbonyl (C=O) groups excluding carboxylic acids is 1. The molecule has 1 aromatic carbocycles. The van der Waals surface area contributed by atoms with Crippen LogP contribution in [-0.4, -0.2) is 69.0 Å². The van der Waals surface area contributed by atoms with Gasteiger partial charge in [0.2, 0.25) is 5.91 Å². The molecular formula is C18H24F3N3O3. The number of nitrogens with one attached hydrogen (secondary N) is 2. The molecule has 0 radical (unpaired) electrons. The predicted octanol–water partition coefficient (Wildman–Crippen LogP) is 1.34. The minimum absolute atomic E-state index is 0.117. The molecule has 150 valence electrons. The van der Waals surface area contributed by atoms with E-state index in [4.69, 9.17) is 9.47 Å². The van der Waals surface area contributed by atoms with Crippen molar-refractivity contribution < 1.29 is 27.4 Å². The Morgan fingerprint density at radius 2 is 1.89 bits per heavy atom. The molecule has 0 aromatic heterocycles. The van der Waals surface area contributed by atoms with E-state index in [1.807, 2.05) is 6.07 Å². The third-order valence-corrected chi connectivity index (χ3v) is 4.71. The number of amides is 1. The molecule has 2 aliphatic heterocycles. The monoisotopic (exact) mass is 387 g/mol. The van der Waals surface area contributed by atoms with E-state index in [1.54, 1.807) is 12.1 Å². The van der Waals surface area contributed by atoms with Gasteiger partial charge in [0.15, 0.2) is 11.5 Å². The van der Waals surface area contributed by atoms with E-state index in [9.17, 15) is 18.0 Å². The van der Waals surface area contributed by atoms with Crippen LogP contribution in [0.3, 0.4) is 0 Å². The number of rotatable bonds is 6. The van der Waals surface area contributed by atoms with Crippen LogP contribution in [0.1, 0.15) is 12.0 Å². The van der Waals surface area contributed by atoms with E-state index in [0.29, 0.717) is 57.3 Å². The molecule has 1 atom stereocenters. The van der Waals surface area contributed by atoms with E-state index in [-0.39, 0.29) is 6.42 Å². The van der Waals surface area contributed by atoms with E-state index in [0.717, 1.165) is 5.56 Å². The summed E-state index contributed by atoms with van der Waals surface area (Å²) in [5, 5.41) is 5.47. The Bertz CT molecular complexity index is 648. The summed E-state index contributed by atoms with van der Waals surface area (Å²) in [5.41, 5.74) is 0.879. The molecule has 1 unspecified atom stereocenters. The maximum atomic E-state index is 13.3. The van der Waals surface area contributed by atoms with Gasteiger partial charge in [-0.1, -0.05) is 6.07 Å². The van der Waals surface area contributed by atoms with Crippen molar-refractivity contribution in [2.75, 3.05) is 45.9 Å². The molecule has 1 saturated heterocycles. The van der Waals surface area contributed by atoms with Crippen LogP contribution in [0.2, 0.25) is 0 Å². The summed E-state index contributed by atoms with van der Waals surface area (Å²) < 4.78 is 50.9. The van der Waals surface area contributed by atoms with Crippen molar-refractivity contribution in [1.29, 1.82) is 0 Å². The molecule has 0 saturated carbocycles. The second-order valence-corrected chi connectivity index (χ2v) is 6.63. The van der Waals surface area contributed by atoms with Gasteiger partial charge in [0.25, 0.3) is 0 Å². The third-order valence-electron chi connectivity index (χ3n) is 4.71. The smallest absolute Gasteiger partial charge is 0.405 e. The van der Waals surface area contributed by atoms with Crippen LogP contribution >= 0.6 is 0 Å². The second-order valence-electron chi connectivity index (χ2n) is 6.63. The van der Waals surface area contributed by atoms with Crippen molar-refractivity contribution >= 4 is 5.91 Å². The summed E-state index contributed by atoms with van der Waals surface area (Å²) in [6.07, 6.45) is -3.83. The zero-order valence-electron chi connectivity index (χ0n) is 15.0. The van der Waals surface area contributed by atoms with Crippen LogP contribution in [0.4, 0.5) is 13.2 Å². The van der Waals surface area contributed by atoms with Crippen molar-refractivity contribution in [2.24, 2.45) is 0 Å². The SMILES string of the molecule is O=C(CCc1ccc2c(c1)OCCO2)NCC(N1CCNCC1)C(F)(F)F. The fraction of sp³-hybridized carbons (Fsp3) is 0.611. The zero-order valence-corrected chi connectivity index (χ0v) is 15.0.